The summed E-state index contributed by atoms with van der Waals surface area (Å²) < 4.78 is 100. The number of anilines is 1. The van der Waals surface area contributed by atoms with E-state index in [4.69, 9.17) is 5.11 Å². The summed E-state index contributed by atoms with van der Waals surface area (Å²) in [6, 6.07) is 1.18. The van der Waals surface area contributed by atoms with E-state index >= 15 is 0 Å². The molecule has 25 heavy (non-hydrogen) atoms. The van der Waals surface area contributed by atoms with Crippen molar-refractivity contribution in [2.45, 2.75) is 6.30 Å². The van der Waals surface area contributed by atoms with Gasteiger partial charge < -0.3 is 9.84 Å². The number of rotatable bonds is 1. The Kier molecular flexibility index (Phi) is 3.73. The van der Waals surface area contributed by atoms with E-state index in [1.807, 2.05) is 0 Å². The normalized spacial score (nSPS) is 16.7. The fourth-order valence-electron chi connectivity index (χ4n) is 2.24. The second kappa shape index (κ2) is 5.53. The topological polar surface area (TPSA) is 49.8 Å². The van der Waals surface area contributed by atoms with E-state index in [0.29, 0.717) is 12.1 Å². The maximum Gasteiger partial charge on any atom is 0.369 e. The predicted octanol–water partition coefficient (Wildman–Crippen LogP) is 3.66. The third-order valence-electron chi connectivity index (χ3n) is 3.41. The van der Waals surface area contributed by atoms with Gasteiger partial charge in [-0.25, -0.2) is 22.4 Å². The molecule has 2 aromatic rings. The van der Waals surface area contributed by atoms with Gasteiger partial charge >= 0.3 is 5.97 Å². The molecule has 1 aliphatic rings. The van der Waals surface area contributed by atoms with E-state index < -0.39 is 74.8 Å². The molecule has 1 atom stereocenters. The van der Waals surface area contributed by atoms with Crippen molar-refractivity contribution in [2.75, 3.05) is 5.12 Å². The number of esters is 1. The monoisotopic (exact) mass is 367 g/mol. The van der Waals surface area contributed by atoms with Gasteiger partial charge in [0.25, 0.3) is 6.30 Å². The highest BCUT2D eigenvalue weighted by Gasteiger charge is 2.40. The maximum absolute atomic E-state index is 14.4. The van der Waals surface area contributed by atoms with E-state index in [9.17, 15) is 35.6 Å². The Labute approximate surface area is 133 Å². The Morgan fingerprint density at radius 1 is 0.960 bits per heavy atom. The van der Waals surface area contributed by atoms with E-state index in [1.165, 1.54) is 0 Å². The molecule has 11 heteroatoms. The summed E-state index contributed by atoms with van der Waals surface area (Å²) in [6.45, 7) is 0. The van der Waals surface area contributed by atoms with Crippen molar-refractivity contribution in [3.05, 3.63) is 41.2 Å². The van der Waals surface area contributed by atoms with Gasteiger partial charge in [-0.15, -0.1) is 0 Å². The quantitative estimate of drug-likeness (QED) is 0.209. The zero-order valence-corrected chi connectivity index (χ0v) is 11.6. The third kappa shape index (κ3) is 2.26. The van der Waals surface area contributed by atoms with Crippen LogP contribution in [-0.4, -0.2) is 17.4 Å². The van der Waals surface area contributed by atoms with E-state index in [1.54, 1.807) is 0 Å². The molecule has 1 N–H and O–H groups in total. The number of carbonyl (C=O) groups is 1. The second-order valence-electron chi connectivity index (χ2n) is 4.82. The first-order valence-corrected chi connectivity index (χ1v) is 6.35. The molecular weight excluding hydrogens is 363 g/mol. The van der Waals surface area contributed by atoms with Gasteiger partial charge in [-0.2, -0.15) is 13.9 Å². The van der Waals surface area contributed by atoms with Gasteiger partial charge in [0.05, 0.1) is 5.56 Å². The number of phenolic OH excluding ortho intramolecular Hbond substituents is 1. The fraction of sp³-hybridized carbons (Fsp3) is 0.0714. The van der Waals surface area contributed by atoms with Gasteiger partial charge in [-0.1, -0.05) is 4.48 Å². The molecule has 0 spiro atoms. The number of ether oxygens (including phenoxy) is 1. The third-order valence-corrected chi connectivity index (χ3v) is 3.41. The number of nitrogens with zero attached hydrogens (tertiary/aromatic N) is 1. The minimum absolute atomic E-state index is 0.533. The first kappa shape index (κ1) is 16.9. The molecule has 0 fully saturated rings. The first-order valence-electron chi connectivity index (χ1n) is 6.35. The van der Waals surface area contributed by atoms with Crippen molar-refractivity contribution < 1.29 is 45.5 Å². The summed E-state index contributed by atoms with van der Waals surface area (Å²) in [6.07, 6.45) is -3.06. The molecule has 2 aromatic carbocycles. The van der Waals surface area contributed by atoms with Crippen LogP contribution in [0.4, 0.5) is 36.5 Å². The highest BCUT2D eigenvalue weighted by Crippen LogP contribution is 2.44. The largest absolute Gasteiger partial charge is 0.503 e. The summed E-state index contributed by atoms with van der Waals surface area (Å²) in [4.78, 5) is 11.0. The molecule has 3 rings (SSSR count). The Morgan fingerprint density at radius 3 is 2.08 bits per heavy atom. The van der Waals surface area contributed by atoms with E-state index in [-0.39, 0.29) is 0 Å². The Hall–Kier alpha value is -2.98. The lowest BCUT2D eigenvalue weighted by Crippen LogP contribution is -2.39. The summed E-state index contributed by atoms with van der Waals surface area (Å²) in [7, 11) is 0. The predicted molar refractivity (Wildman–Crippen MR) is 67.5 cm³/mol. The van der Waals surface area contributed by atoms with Crippen LogP contribution < -0.4 is 9.86 Å². The van der Waals surface area contributed by atoms with Crippen LogP contribution in [0.3, 0.4) is 0 Å². The molecule has 0 amide bonds. The van der Waals surface area contributed by atoms with Gasteiger partial charge in [-0.3, -0.25) is 0 Å². The summed E-state index contributed by atoms with van der Waals surface area (Å²) >= 11 is 0. The minimum atomic E-state index is -3.06. The lowest BCUT2D eigenvalue weighted by Gasteiger charge is -2.26. The molecule has 1 aliphatic heterocycles. The van der Waals surface area contributed by atoms with Gasteiger partial charge in [0, 0.05) is 5.56 Å². The Balaban J connectivity index is 2.31. The van der Waals surface area contributed by atoms with Crippen LogP contribution in [-0.2, 0) is 4.79 Å². The van der Waals surface area contributed by atoms with Gasteiger partial charge in [0.2, 0.25) is 11.6 Å². The highest BCUT2D eigenvalue weighted by atomic mass is 19.2. The van der Waals surface area contributed by atoms with Crippen molar-refractivity contribution in [3.8, 4) is 22.6 Å². The zero-order chi connectivity index (χ0) is 18.6. The highest BCUT2D eigenvalue weighted by molar-refractivity contribution is 5.87. The minimum Gasteiger partial charge on any atom is -0.503 e. The van der Waals surface area contributed by atoms with Crippen LogP contribution in [0.5, 0.6) is 11.5 Å². The van der Waals surface area contributed by atoms with Gasteiger partial charge in [0.1, 0.15) is 0 Å². The molecule has 0 bridgehead atoms. The number of carbonyl (C=O) groups excluding carboxylic acids is 1. The number of alkyl halides is 1. The van der Waals surface area contributed by atoms with Crippen molar-refractivity contribution in [3.63, 3.8) is 0 Å². The average molecular weight is 367 g/mol. The van der Waals surface area contributed by atoms with Crippen LogP contribution >= 0.6 is 0 Å². The average Bonchev–Trinajstić information content (AvgIpc) is 2.58. The lowest BCUT2D eigenvalue weighted by molar-refractivity contribution is -0.142. The molecule has 0 aliphatic carbocycles. The van der Waals surface area contributed by atoms with Crippen LogP contribution in [0, 0.1) is 29.1 Å². The number of aromatic hydroxyl groups is 1. The number of benzene rings is 2. The Morgan fingerprint density at radius 2 is 1.52 bits per heavy atom. The molecule has 0 aromatic heterocycles. The van der Waals surface area contributed by atoms with Gasteiger partial charge in [0.15, 0.2) is 34.6 Å². The summed E-state index contributed by atoms with van der Waals surface area (Å²) in [5.74, 6) is -15.1. The molecular formula is C14H4F7NO3. The molecule has 4 nitrogen and oxygen atoms in total. The first-order chi connectivity index (χ1) is 11.7. The lowest BCUT2D eigenvalue weighted by atomic mass is 10.0. The van der Waals surface area contributed by atoms with Crippen LogP contribution in [0.25, 0.3) is 11.1 Å². The molecule has 0 radical (unpaired) electrons. The number of hydrogen-bond acceptors (Lipinski definition) is 4. The number of hydrogen-bond donors (Lipinski definition) is 1. The van der Waals surface area contributed by atoms with E-state index in [2.05, 4.69) is 4.74 Å². The summed E-state index contributed by atoms with van der Waals surface area (Å²) in [5.41, 5.74) is -4.13. The molecule has 0 saturated carbocycles. The van der Waals surface area contributed by atoms with Crippen molar-refractivity contribution >= 4 is 11.7 Å². The SMILES string of the molecule is O=C1Oc2ccc(-c3c(F)c(F)c(O)c(F)c3F)c(F)c2N(F)C1F. The number of phenols is 1. The van der Waals surface area contributed by atoms with Crippen molar-refractivity contribution in [1.82, 2.24) is 0 Å². The smallest absolute Gasteiger partial charge is 0.369 e. The Bertz CT molecular complexity index is 889. The van der Waals surface area contributed by atoms with E-state index in [0.717, 1.165) is 0 Å². The van der Waals surface area contributed by atoms with Crippen molar-refractivity contribution in [2.24, 2.45) is 0 Å². The molecule has 132 valence electrons. The fourth-order valence-corrected chi connectivity index (χ4v) is 2.24. The number of fused-ring (bicyclic) bond motifs is 1. The molecule has 1 unspecified atom stereocenters. The van der Waals surface area contributed by atoms with Crippen molar-refractivity contribution in [1.29, 1.82) is 0 Å². The summed E-state index contributed by atoms with van der Waals surface area (Å²) in [5, 5.41) is 7.91. The standard InChI is InChI=1S/C14H4F7NO3/c15-6-3(5-7(16)9(18)12(23)10(19)8(5)17)1-2-4-11(6)22(21)13(20)14(24)25-4/h1-2,13,23H. The zero-order valence-electron chi connectivity index (χ0n) is 11.6. The second-order valence-corrected chi connectivity index (χ2v) is 4.82. The van der Waals surface area contributed by atoms with Crippen LogP contribution in [0.2, 0.25) is 0 Å². The molecule has 1 heterocycles. The number of halogens is 7. The van der Waals surface area contributed by atoms with Gasteiger partial charge in [-0.05, 0) is 12.1 Å². The van der Waals surface area contributed by atoms with Crippen LogP contribution in [0.1, 0.15) is 0 Å². The maximum atomic E-state index is 14.4. The molecule has 0 saturated heterocycles. The van der Waals surface area contributed by atoms with Crippen LogP contribution in [0.15, 0.2) is 12.1 Å².